The van der Waals surface area contributed by atoms with Crippen molar-refractivity contribution in [1.29, 1.82) is 0 Å². The van der Waals surface area contributed by atoms with Crippen LogP contribution in [0.3, 0.4) is 0 Å². The Kier molecular flexibility index (Phi) is 3.84. The van der Waals surface area contributed by atoms with Crippen LogP contribution in [-0.2, 0) is 16.4 Å². The molecule has 1 N–H and O–H groups in total. The van der Waals surface area contributed by atoms with Gasteiger partial charge in [-0.15, -0.1) is 0 Å². The highest BCUT2D eigenvalue weighted by Gasteiger charge is 2.30. The number of hydrogen-bond acceptors (Lipinski definition) is 4. The molecule has 1 heterocycles. The smallest absolute Gasteiger partial charge is 0.152 e. The number of hydrogen-bond donors (Lipinski definition) is 1. The highest BCUT2D eigenvalue weighted by atomic mass is 35.5. The molecule has 18 heavy (non-hydrogen) atoms. The zero-order chi connectivity index (χ0) is 13.3. The Bertz CT molecular complexity index is 544. The van der Waals surface area contributed by atoms with Crippen LogP contribution in [0.15, 0.2) is 18.2 Å². The van der Waals surface area contributed by atoms with Gasteiger partial charge in [0.05, 0.1) is 18.1 Å². The third-order valence-electron chi connectivity index (χ3n) is 3.37. The summed E-state index contributed by atoms with van der Waals surface area (Å²) in [5.74, 6) is 0.452. The third kappa shape index (κ3) is 2.79. The molecule has 0 saturated carbocycles. The van der Waals surface area contributed by atoms with Crippen molar-refractivity contribution < 1.29 is 13.5 Å². The second-order valence-corrected chi connectivity index (χ2v) is 7.24. The highest BCUT2D eigenvalue weighted by Crippen LogP contribution is 2.27. The number of nitrogens with zero attached hydrogens (tertiary/aromatic N) is 1. The second-order valence-electron chi connectivity index (χ2n) is 4.60. The minimum Gasteiger partial charge on any atom is -0.392 e. The zero-order valence-electron chi connectivity index (χ0n) is 10.1. The van der Waals surface area contributed by atoms with Crippen LogP contribution in [-0.4, -0.2) is 38.1 Å². The van der Waals surface area contributed by atoms with Crippen LogP contribution in [0, 0.1) is 0 Å². The van der Waals surface area contributed by atoms with Crippen molar-refractivity contribution in [2.75, 3.05) is 23.5 Å². The molecule has 1 aromatic carbocycles. The van der Waals surface area contributed by atoms with E-state index in [0.29, 0.717) is 17.0 Å². The molecule has 0 bridgehead atoms. The molecule has 100 valence electrons. The fraction of sp³-hybridized carbons (Fsp3) is 0.500. The Morgan fingerprint density at radius 1 is 1.50 bits per heavy atom. The number of aliphatic hydroxyl groups excluding tert-OH is 1. The van der Waals surface area contributed by atoms with Gasteiger partial charge in [-0.3, -0.25) is 0 Å². The summed E-state index contributed by atoms with van der Waals surface area (Å²) in [6.07, 6.45) is 0.651. The molecule has 0 spiro atoms. The Balaban J connectivity index is 2.19. The van der Waals surface area contributed by atoms with E-state index >= 15 is 0 Å². The van der Waals surface area contributed by atoms with Gasteiger partial charge >= 0.3 is 0 Å². The second kappa shape index (κ2) is 5.07. The fourth-order valence-electron chi connectivity index (χ4n) is 2.18. The summed E-state index contributed by atoms with van der Waals surface area (Å²) in [4.78, 5) is 1.94. The van der Waals surface area contributed by atoms with Crippen molar-refractivity contribution in [3.63, 3.8) is 0 Å². The Labute approximate surface area is 112 Å². The van der Waals surface area contributed by atoms with Crippen molar-refractivity contribution in [1.82, 2.24) is 0 Å². The first-order chi connectivity index (χ1) is 8.43. The molecule has 6 heteroatoms. The molecule has 1 aliphatic rings. The maximum Gasteiger partial charge on any atom is 0.152 e. The van der Waals surface area contributed by atoms with E-state index in [9.17, 15) is 8.42 Å². The lowest BCUT2D eigenvalue weighted by Crippen LogP contribution is -2.32. The van der Waals surface area contributed by atoms with Gasteiger partial charge in [0, 0.05) is 23.8 Å². The number of benzene rings is 1. The number of anilines is 1. The molecular weight excluding hydrogens is 274 g/mol. The normalized spacial score (nSPS) is 22.1. The molecule has 0 radical (unpaired) electrons. The van der Waals surface area contributed by atoms with Crippen LogP contribution in [0.2, 0.25) is 5.02 Å². The van der Waals surface area contributed by atoms with Crippen LogP contribution >= 0.6 is 11.6 Å². The first-order valence-corrected chi connectivity index (χ1v) is 7.95. The van der Waals surface area contributed by atoms with Crippen LogP contribution in [0.25, 0.3) is 0 Å². The van der Waals surface area contributed by atoms with E-state index in [0.717, 1.165) is 5.69 Å². The van der Waals surface area contributed by atoms with Gasteiger partial charge in [0.2, 0.25) is 0 Å². The van der Waals surface area contributed by atoms with E-state index in [1.54, 1.807) is 12.1 Å². The van der Waals surface area contributed by atoms with Crippen molar-refractivity contribution in [2.24, 2.45) is 0 Å². The van der Waals surface area contributed by atoms with E-state index < -0.39 is 9.84 Å². The molecule has 0 aromatic heterocycles. The molecule has 0 aliphatic carbocycles. The molecule has 1 fully saturated rings. The molecule has 4 nitrogen and oxygen atoms in total. The highest BCUT2D eigenvalue weighted by molar-refractivity contribution is 7.91. The Morgan fingerprint density at radius 3 is 2.72 bits per heavy atom. The van der Waals surface area contributed by atoms with E-state index in [2.05, 4.69) is 0 Å². The van der Waals surface area contributed by atoms with Gasteiger partial charge in [0.25, 0.3) is 0 Å². The summed E-state index contributed by atoms with van der Waals surface area (Å²) in [7, 11) is -1.02. The van der Waals surface area contributed by atoms with Crippen LogP contribution < -0.4 is 4.90 Å². The number of sulfone groups is 1. The van der Waals surface area contributed by atoms with Crippen molar-refractivity contribution in [3.8, 4) is 0 Å². The summed E-state index contributed by atoms with van der Waals surface area (Å²) >= 11 is 6.03. The lowest BCUT2D eigenvalue weighted by Gasteiger charge is -2.26. The Morgan fingerprint density at radius 2 is 2.22 bits per heavy atom. The first kappa shape index (κ1) is 13.6. The van der Waals surface area contributed by atoms with Gasteiger partial charge in [0.1, 0.15) is 0 Å². The van der Waals surface area contributed by atoms with Gasteiger partial charge in [-0.25, -0.2) is 8.42 Å². The lowest BCUT2D eigenvalue weighted by molar-refractivity contribution is 0.282. The molecule has 1 saturated heterocycles. The van der Waals surface area contributed by atoms with Crippen molar-refractivity contribution >= 4 is 27.1 Å². The van der Waals surface area contributed by atoms with E-state index in [-0.39, 0.29) is 24.2 Å². The molecular formula is C12H16ClNO3S. The summed E-state index contributed by atoms with van der Waals surface area (Å²) in [6, 6.07) is 5.38. The van der Waals surface area contributed by atoms with Gasteiger partial charge in [0.15, 0.2) is 9.84 Å². The predicted molar refractivity (Wildman–Crippen MR) is 72.8 cm³/mol. The van der Waals surface area contributed by atoms with E-state index in [1.165, 1.54) is 0 Å². The number of aliphatic hydroxyl groups is 1. The van der Waals surface area contributed by atoms with Crippen LogP contribution in [0.4, 0.5) is 5.69 Å². The van der Waals surface area contributed by atoms with Crippen molar-refractivity contribution in [2.45, 2.75) is 19.1 Å². The summed E-state index contributed by atoms with van der Waals surface area (Å²) in [5.41, 5.74) is 1.55. The summed E-state index contributed by atoms with van der Waals surface area (Å²) in [5, 5.41) is 9.55. The zero-order valence-corrected chi connectivity index (χ0v) is 11.7. The quantitative estimate of drug-likeness (QED) is 0.915. The minimum absolute atomic E-state index is 0.00560. The lowest BCUT2D eigenvalue weighted by atomic mass is 10.1. The molecule has 1 aliphatic heterocycles. The van der Waals surface area contributed by atoms with E-state index in [1.807, 2.05) is 18.0 Å². The van der Waals surface area contributed by atoms with Gasteiger partial charge < -0.3 is 10.0 Å². The average Bonchev–Trinajstić information content (AvgIpc) is 2.68. The SMILES string of the molecule is CN(c1ccc(CO)c(Cl)c1)C1CCS(=O)(=O)C1. The van der Waals surface area contributed by atoms with E-state index in [4.69, 9.17) is 16.7 Å². The van der Waals surface area contributed by atoms with Gasteiger partial charge in [-0.1, -0.05) is 17.7 Å². The third-order valence-corrected chi connectivity index (χ3v) is 5.47. The molecule has 0 amide bonds. The Hall–Kier alpha value is -0.780. The topological polar surface area (TPSA) is 57.6 Å². The number of halogens is 1. The van der Waals surface area contributed by atoms with Crippen LogP contribution in [0.5, 0.6) is 0 Å². The predicted octanol–water partition coefficient (Wildman–Crippen LogP) is 1.46. The standard InChI is InChI=1S/C12H16ClNO3S/c1-14(11-4-5-18(16,17)8-11)10-3-2-9(7-15)12(13)6-10/h2-3,6,11,15H,4-5,7-8H2,1H3. The largest absolute Gasteiger partial charge is 0.392 e. The maximum atomic E-state index is 11.5. The molecule has 1 aromatic rings. The maximum absolute atomic E-state index is 11.5. The molecule has 1 atom stereocenters. The average molecular weight is 290 g/mol. The van der Waals surface area contributed by atoms with Gasteiger partial charge in [-0.05, 0) is 24.1 Å². The summed E-state index contributed by atoms with van der Waals surface area (Å²) < 4.78 is 22.9. The molecule has 1 unspecified atom stereocenters. The number of rotatable bonds is 3. The minimum atomic E-state index is -2.89. The molecule has 2 rings (SSSR count). The summed E-state index contributed by atoms with van der Waals surface area (Å²) in [6.45, 7) is -0.0966. The van der Waals surface area contributed by atoms with Crippen LogP contribution in [0.1, 0.15) is 12.0 Å². The fourth-order valence-corrected chi connectivity index (χ4v) is 4.18. The monoisotopic (exact) mass is 289 g/mol. The van der Waals surface area contributed by atoms with Gasteiger partial charge in [-0.2, -0.15) is 0 Å². The first-order valence-electron chi connectivity index (χ1n) is 5.75. The van der Waals surface area contributed by atoms with Crippen molar-refractivity contribution in [3.05, 3.63) is 28.8 Å².